The third-order valence-electron chi connectivity index (χ3n) is 2.90. The average Bonchev–Trinajstić information content (AvgIpc) is 3.05. The first kappa shape index (κ1) is 18.2. The predicted octanol–water partition coefficient (Wildman–Crippen LogP) is 2.38. The van der Waals surface area contributed by atoms with Crippen molar-refractivity contribution in [1.82, 2.24) is 10.2 Å². The van der Waals surface area contributed by atoms with Gasteiger partial charge in [-0.15, -0.1) is 10.2 Å². The Balaban J connectivity index is 1.77. The molecular weight excluding hydrogens is 350 g/mol. The van der Waals surface area contributed by atoms with Crippen molar-refractivity contribution in [2.45, 2.75) is 17.7 Å². The van der Waals surface area contributed by atoms with Crippen LogP contribution in [-0.2, 0) is 20.7 Å². The highest BCUT2D eigenvalue weighted by Gasteiger charge is 2.11. The minimum absolute atomic E-state index is 0.115. The highest BCUT2D eigenvalue weighted by molar-refractivity contribution is 8.01. The number of rotatable bonds is 8. The maximum atomic E-state index is 11.9. The summed E-state index contributed by atoms with van der Waals surface area (Å²) in [4.78, 5) is 22.9. The fourth-order valence-corrected chi connectivity index (χ4v) is 3.22. The molecule has 1 amide bonds. The number of thioether (sulfide) groups is 1. The van der Waals surface area contributed by atoms with Gasteiger partial charge in [-0.25, -0.2) is 0 Å². The smallest absolute Gasteiger partial charge is 0.316 e. The zero-order chi connectivity index (χ0) is 17.4. The lowest BCUT2D eigenvalue weighted by molar-refractivity contribution is -0.137. The van der Waals surface area contributed by atoms with E-state index in [1.807, 2.05) is 24.3 Å². The number of amides is 1. The van der Waals surface area contributed by atoms with E-state index in [0.717, 1.165) is 6.42 Å². The third-order valence-corrected chi connectivity index (χ3v) is 4.84. The molecule has 0 aliphatic rings. The number of aromatic nitrogens is 2. The molecule has 0 aliphatic heterocycles. The van der Waals surface area contributed by atoms with Crippen LogP contribution >= 0.6 is 23.1 Å². The highest BCUT2D eigenvalue weighted by atomic mass is 32.2. The molecule has 9 heteroatoms. The van der Waals surface area contributed by atoms with E-state index in [9.17, 15) is 9.59 Å². The largest absolute Gasteiger partial charge is 0.484 e. The van der Waals surface area contributed by atoms with E-state index >= 15 is 0 Å². The lowest BCUT2D eigenvalue weighted by Crippen LogP contribution is -2.20. The Morgan fingerprint density at radius 1 is 1.25 bits per heavy atom. The first-order chi connectivity index (χ1) is 11.6. The Labute approximate surface area is 147 Å². The monoisotopic (exact) mass is 367 g/mol. The van der Waals surface area contributed by atoms with E-state index in [-0.39, 0.29) is 24.2 Å². The second-order valence-electron chi connectivity index (χ2n) is 4.57. The van der Waals surface area contributed by atoms with Crippen LogP contribution in [0.1, 0.15) is 12.5 Å². The summed E-state index contributed by atoms with van der Waals surface area (Å²) >= 11 is 2.39. The fourth-order valence-electron chi connectivity index (χ4n) is 1.62. The fraction of sp³-hybridized carbons (Fsp3) is 0.333. The van der Waals surface area contributed by atoms with Gasteiger partial charge in [-0.05, 0) is 24.1 Å². The normalized spacial score (nSPS) is 10.2. The molecule has 24 heavy (non-hydrogen) atoms. The maximum Gasteiger partial charge on any atom is 0.316 e. The second kappa shape index (κ2) is 9.24. The summed E-state index contributed by atoms with van der Waals surface area (Å²) in [5.74, 6) is 0.114. The van der Waals surface area contributed by atoms with Gasteiger partial charge in [-0.1, -0.05) is 42.2 Å². The topological polar surface area (TPSA) is 90.4 Å². The number of methoxy groups -OCH3 is 1. The minimum Gasteiger partial charge on any atom is -0.484 e. The lowest BCUT2D eigenvalue weighted by atomic mass is 10.2. The number of nitrogens with one attached hydrogen (secondary N) is 1. The van der Waals surface area contributed by atoms with E-state index in [4.69, 9.17) is 4.74 Å². The van der Waals surface area contributed by atoms with Crippen molar-refractivity contribution in [3.05, 3.63) is 29.8 Å². The molecule has 0 atom stereocenters. The Hall–Kier alpha value is -2.13. The van der Waals surface area contributed by atoms with Crippen molar-refractivity contribution in [3.63, 3.8) is 0 Å². The van der Waals surface area contributed by atoms with Crippen molar-refractivity contribution in [2.75, 3.05) is 24.8 Å². The van der Waals surface area contributed by atoms with E-state index < -0.39 is 0 Å². The summed E-state index contributed by atoms with van der Waals surface area (Å²) in [5, 5.41) is 10.7. The van der Waals surface area contributed by atoms with Gasteiger partial charge in [-0.3, -0.25) is 14.9 Å². The number of carbonyl (C=O) groups excluding carboxylic acids is 2. The van der Waals surface area contributed by atoms with Crippen molar-refractivity contribution in [2.24, 2.45) is 0 Å². The van der Waals surface area contributed by atoms with Crippen molar-refractivity contribution < 1.29 is 19.1 Å². The van der Waals surface area contributed by atoms with E-state index in [0.29, 0.717) is 15.2 Å². The van der Waals surface area contributed by atoms with Crippen LogP contribution in [-0.4, -0.2) is 41.5 Å². The zero-order valence-corrected chi connectivity index (χ0v) is 14.9. The van der Waals surface area contributed by atoms with Gasteiger partial charge in [0.25, 0.3) is 5.91 Å². The molecule has 7 nitrogen and oxygen atoms in total. The lowest BCUT2D eigenvalue weighted by Gasteiger charge is -2.06. The van der Waals surface area contributed by atoms with Gasteiger partial charge < -0.3 is 9.47 Å². The molecule has 0 spiro atoms. The minimum atomic E-state index is -0.344. The first-order valence-electron chi connectivity index (χ1n) is 7.15. The van der Waals surface area contributed by atoms with Gasteiger partial charge in [0.05, 0.1) is 12.9 Å². The molecule has 1 heterocycles. The summed E-state index contributed by atoms with van der Waals surface area (Å²) in [6.07, 6.45) is 0.953. The molecule has 2 aromatic rings. The highest BCUT2D eigenvalue weighted by Crippen LogP contribution is 2.25. The summed E-state index contributed by atoms with van der Waals surface area (Å²) in [5.41, 5.74) is 1.21. The first-order valence-corrected chi connectivity index (χ1v) is 8.95. The van der Waals surface area contributed by atoms with Crippen LogP contribution in [0.15, 0.2) is 28.6 Å². The maximum absolute atomic E-state index is 11.9. The van der Waals surface area contributed by atoms with E-state index in [1.165, 1.54) is 35.8 Å². The van der Waals surface area contributed by atoms with Crippen LogP contribution in [0.25, 0.3) is 0 Å². The molecule has 1 aromatic heterocycles. The standard InChI is InChI=1S/C15H17N3O4S2/c1-3-10-4-6-11(7-5-10)22-8-12(19)16-14-17-18-15(24-14)23-9-13(20)21-2/h4-7H,3,8-9H2,1-2H3,(H,16,17,19). The summed E-state index contributed by atoms with van der Waals surface area (Å²) in [6.45, 7) is 1.96. The quantitative estimate of drug-likeness (QED) is 0.435. The van der Waals surface area contributed by atoms with Crippen LogP contribution in [0.4, 0.5) is 5.13 Å². The second-order valence-corrected chi connectivity index (χ2v) is 6.77. The number of hydrogen-bond donors (Lipinski definition) is 1. The van der Waals surface area contributed by atoms with Gasteiger partial charge in [0.2, 0.25) is 5.13 Å². The van der Waals surface area contributed by atoms with E-state index in [2.05, 4.69) is 27.2 Å². The SMILES string of the molecule is CCc1ccc(OCC(=O)Nc2nnc(SCC(=O)OC)s2)cc1. The van der Waals surface area contributed by atoms with Crippen LogP contribution in [0.2, 0.25) is 0 Å². The number of ether oxygens (including phenoxy) is 2. The van der Waals surface area contributed by atoms with Crippen LogP contribution in [0.3, 0.4) is 0 Å². The predicted molar refractivity (Wildman–Crippen MR) is 92.6 cm³/mol. The Kier molecular flexibility index (Phi) is 7.01. The zero-order valence-electron chi connectivity index (χ0n) is 13.3. The molecule has 0 fully saturated rings. The molecular formula is C15H17N3O4S2. The number of esters is 1. The Morgan fingerprint density at radius 3 is 2.67 bits per heavy atom. The van der Waals surface area contributed by atoms with Gasteiger partial charge >= 0.3 is 5.97 Å². The molecule has 128 valence electrons. The average molecular weight is 367 g/mol. The number of aryl methyl sites for hydroxylation is 1. The summed E-state index contributed by atoms with van der Waals surface area (Å²) in [7, 11) is 1.32. The van der Waals surface area contributed by atoms with Gasteiger partial charge in [0, 0.05) is 0 Å². The molecule has 1 aromatic carbocycles. The van der Waals surface area contributed by atoms with Gasteiger partial charge in [0.15, 0.2) is 10.9 Å². The van der Waals surface area contributed by atoms with Crippen LogP contribution in [0, 0.1) is 0 Å². The van der Waals surface area contributed by atoms with Crippen molar-refractivity contribution in [1.29, 1.82) is 0 Å². The van der Waals surface area contributed by atoms with Crippen LogP contribution in [0.5, 0.6) is 5.75 Å². The molecule has 0 aliphatic carbocycles. The number of benzene rings is 1. The van der Waals surface area contributed by atoms with E-state index in [1.54, 1.807) is 0 Å². The number of hydrogen-bond acceptors (Lipinski definition) is 8. The molecule has 0 unspecified atom stereocenters. The van der Waals surface area contributed by atoms with Crippen LogP contribution < -0.4 is 10.1 Å². The molecule has 0 saturated carbocycles. The van der Waals surface area contributed by atoms with Crippen molar-refractivity contribution in [3.8, 4) is 5.75 Å². The van der Waals surface area contributed by atoms with Crippen molar-refractivity contribution >= 4 is 40.1 Å². The Bertz CT molecular complexity index is 688. The summed E-state index contributed by atoms with van der Waals surface area (Å²) < 4.78 is 10.5. The number of anilines is 1. The van der Waals surface area contributed by atoms with Gasteiger partial charge in [0.1, 0.15) is 5.75 Å². The molecule has 0 bridgehead atoms. The molecule has 0 radical (unpaired) electrons. The Morgan fingerprint density at radius 2 is 2.00 bits per heavy atom. The summed E-state index contributed by atoms with van der Waals surface area (Å²) in [6, 6.07) is 7.59. The third kappa shape index (κ3) is 5.82. The molecule has 0 saturated heterocycles. The number of nitrogens with zero attached hydrogens (tertiary/aromatic N) is 2. The molecule has 2 rings (SSSR count). The number of carbonyl (C=O) groups is 2. The molecule has 1 N–H and O–H groups in total. The van der Waals surface area contributed by atoms with Gasteiger partial charge in [-0.2, -0.15) is 0 Å².